The third-order valence-electron chi connectivity index (χ3n) is 5.21. The van der Waals surface area contributed by atoms with Crippen molar-refractivity contribution in [1.29, 1.82) is 0 Å². The van der Waals surface area contributed by atoms with E-state index in [1.165, 1.54) is 0 Å². The smallest absolute Gasteiger partial charge is 0.248 e. The van der Waals surface area contributed by atoms with E-state index in [0.29, 0.717) is 6.54 Å². The van der Waals surface area contributed by atoms with Crippen LogP contribution in [-0.2, 0) is 16.8 Å². The van der Waals surface area contributed by atoms with Gasteiger partial charge in [0.2, 0.25) is 5.91 Å². The first-order chi connectivity index (χ1) is 12.8. The number of hydrogen-bond donors (Lipinski definition) is 2. The average Bonchev–Trinajstić information content (AvgIpc) is 3.35. The zero-order valence-electron chi connectivity index (χ0n) is 14.7. The van der Waals surface area contributed by atoms with Crippen molar-refractivity contribution in [3.05, 3.63) is 36.4 Å². The molecular formula is C18H23N7O. The molecule has 8 nitrogen and oxygen atoms in total. The molecule has 26 heavy (non-hydrogen) atoms. The lowest BCUT2D eigenvalue weighted by molar-refractivity contribution is -0.132. The van der Waals surface area contributed by atoms with E-state index in [9.17, 15) is 4.79 Å². The quantitative estimate of drug-likeness (QED) is 0.660. The SMILES string of the molecule is O=C(NCCCc1nc2ccccc2[nH]1)C1(n2cnnn2)CCCCC1. The lowest BCUT2D eigenvalue weighted by Crippen LogP contribution is -2.50. The fraction of sp³-hybridized carbons (Fsp3) is 0.500. The predicted molar refractivity (Wildman–Crippen MR) is 96.3 cm³/mol. The normalized spacial score (nSPS) is 16.6. The third kappa shape index (κ3) is 3.18. The van der Waals surface area contributed by atoms with E-state index in [0.717, 1.165) is 61.8 Å². The molecule has 136 valence electrons. The van der Waals surface area contributed by atoms with Gasteiger partial charge < -0.3 is 10.3 Å². The molecule has 4 rings (SSSR count). The summed E-state index contributed by atoms with van der Waals surface area (Å²) in [7, 11) is 0. The minimum Gasteiger partial charge on any atom is -0.354 e. The van der Waals surface area contributed by atoms with Crippen LogP contribution in [0.3, 0.4) is 0 Å². The van der Waals surface area contributed by atoms with Gasteiger partial charge in [0.25, 0.3) is 0 Å². The van der Waals surface area contributed by atoms with Gasteiger partial charge in [0, 0.05) is 13.0 Å². The Hall–Kier alpha value is -2.77. The number of benzene rings is 1. The van der Waals surface area contributed by atoms with Crippen molar-refractivity contribution < 1.29 is 4.79 Å². The average molecular weight is 353 g/mol. The summed E-state index contributed by atoms with van der Waals surface area (Å²) in [5.41, 5.74) is 1.39. The molecule has 1 aromatic carbocycles. The largest absolute Gasteiger partial charge is 0.354 e. The van der Waals surface area contributed by atoms with E-state index >= 15 is 0 Å². The Morgan fingerprint density at radius 3 is 2.85 bits per heavy atom. The van der Waals surface area contributed by atoms with Gasteiger partial charge in [-0.15, -0.1) is 5.10 Å². The van der Waals surface area contributed by atoms with Crippen molar-refractivity contribution in [1.82, 2.24) is 35.5 Å². The van der Waals surface area contributed by atoms with Crippen LogP contribution in [0.4, 0.5) is 0 Å². The molecule has 8 heteroatoms. The zero-order valence-corrected chi connectivity index (χ0v) is 14.7. The van der Waals surface area contributed by atoms with Crippen LogP contribution >= 0.6 is 0 Å². The maximum absolute atomic E-state index is 12.9. The van der Waals surface area contributed by atoms with Gasteiger partial charge >= 0.3 is 0 Å². The highest BCUT2D eigenvalue weighted by Gasteiger charge is 2.42. The van der Waals surface area contributed by atoms with E-state index in [1.807, 2.05) is 24.3 Å². The van der Waals surface area contributed by atoms with Gasteiger partial charge in [-0.05, 0) is 41.8 Å². The molecule has 1 amide bonds. The van der Waals surface area contributed by atoms with Gasteiger partial charge in [-0.2, -0.15) is 0 Å². The molecule has 0 spiro atoms. The number of tetrazole rings is 1. The van der Waals surface area contributed by atoms with Crippen molar-refractivity contribution in [3.63, 3.8) is 0 Å². The van der Waals surface area contributed by atoms with Crippen molar-refractivity contribution in [2.75, 3.05) is 6.54 Å². The molecule has 0 unspecified atom stereocenters. The molecular weight excluding hydrogens is 330 g/mol. The summed E-state index contributed by atoms with van der Waals surface area (Å²) in [6.45, 7) is 0.611. The summed E-state index contributed by atoms with van der Waals surface area (Å²) in [5, 5.41) is 14.5. The Kier molecular flexibility index (Phi) is 4.64. The van der Waals surface area contributed by atoms with Crippen LogP contribution in [0.2, 0.25) is 0 Å². The highest BCUT2D eigenvalue weighted by Crippen LogP contribution is 2.34. The summed E-state index contributed by atoms with van der Waals surface area (Å²) in [6.07, 6.45) is 7.95. The number of amides is 1. The van der Waals surface area contributed by atoms with Crippen LogP contribution in [0.1, 0.15) is 44.3 Å². The number of H-pyrrole nitrogens is 1. The number of carbonyl (C=O) groups is 1. The van der Waals surface area contributed by atoms with Crippen LogP contribution in [0.15, 0.2) is 30.6 Å². The van der Waals surface area contributed by atoms with Crippen LogP contribution in [0.25, 0.3) is 11.0 Å². The minimum absolute atomic E-state index is 0.0223. The predicted octanol–water partition coefficient (Wildman–Crippen LogP) is 1.96. The number of aromatic amines is 1. The molecule has 2 aromatic heterocycles. The second-order valence-electron chi connectivity index (χ2n) is 6.91. The van der Waals surface area contributed by atoms with E-state index in [2.05, 4.69) is 30.8 Å². The maximum Gasteiger partial charge on any atom is 0.248 e. The second kappa shape index (κ2) is 7.23. The Morgan fingerprint density at radius 2 is 2.08 bits per heavy atom. The van der Waals surface area contributed by atoms with Gasteiger partial charge in [-0.3, -0.25) is 4.79 Å². The number of rotatable bonds is 6. The van der Waals surface area contributed by atoms with Gasteiger partial charge in [0.05, 0.1) is 11.0 Å². The molecule has 1 fully saturated rings. The van der Waals surface area contributed by atoms with Crippen molar-refractivity contribution in [3.8, 4) is 0 Å². The molecule has 0 bridgehead atoms. The number of imidazole rings is 1. The molecule has 0 atom stereocenters. The molecule has 1 aliphatic carbocycles. The van der Waals surface area contributed by atoms with E-state index in [4.69, 9.17) is 0 Å². The first kappa shape index (κ1) is 16.7. The fourth-order valence-electron chi connectivity index (χ4n) is 3.80. The van der Waals surface area contributed by atoms with Crippen LogP contribution < -0.4 is 5.32 Å². The van der Waals surface area contributed by atoms with Gasteiger partial charge in [0.1, 0.15) is 17.7 Å². The number of carbonyl (C=O) groups excluding carboxylic acids is 1. The number of fused-ring (bicyclic) bond motifs is 1. The highest BCUT2D eigenvalue weighted by atomic mass is 16.2. The summed E-state index contributed by atoms with van der Waals surface area (Å²) < 4.78 is 1.64. The molecule has 0 saturated heterocycles. The number of nitrogens with zero attached hydrogens (tertiary/aromatic N) is 5. The van der Waals surface area contributed by atoms with Crippen LogP contribution in [0, 0.1) is 0 Å². The van der Waals surface area contributed by atoms with Crippen molar-refractivity contribution in [2.24, 2.45) is 0 Å². The molecule has 1 saturated carbocycles. The molecule has 0 radical (unpaired) electrons. The van der Waals surface area contributed by atoms with Crippen LogP contribution in [0.5, 0.6) is 0 Å². The van der Waals surface area contributed by atoms with Crippen molar-refractivity contribution >= 4 is 16.9 Å². The molecule has 1 aliphatic rings. The van der Waals surface area contributed by atoms with Crippen molar-refractivity contribution in [2.45, 2.75) is 50.5 Å². The first-order valence-corrected chi connectivity index (χ1v) is 9.23. The molecule has 3 aromatic rings. The fourth-order valence-corrected chi connectivity index (χ4v) is 3.80. The summed E-state index contributed by atoms with van der Waals surface area (Å²) in [5.74, 6) is 0.974. The van der Waals surface area contributed by atoms with E-state index < -0.39 is 5.54 Å². The molecule has 2 heterocycles. The maximum atomic E-state index is 12.9. The number of para-hydroxylation sites is 2. The van der Waals surface area contributed by atoms with E-state index in [-0.39, 0.29) is 5.91 Å². The zero-order chi connectivity index (χ0) is 17.8. The standard InChI is InChI=1S/C18H23N7O/c26-17(18(10-4-1-5-11-18)25-13-20-23-24-25)19-12-6-9-16-21-14-7-2-3-8-15(14)22-16/h2-3,7-8,13H,1,4-6,9-12H2,(H,19,26)(H,21,22). The first-order valence-electron chi connectivity index (χ1n) is 9.23. The number of aryl methyl sites for hydroxylation is 1. The monoisotopic (exact) mass is 353 g/mol. The van der Waals surface area contributed by atoms with Crippen LogP contribution in [-0.4, -0.2) is 42.6 Å². The Labute approximate surface area is 151 Å². The van der Waals surface area contributed by atoms with Gasteiger partial charge in [-0.1, -0.05) is 31.4 Å². The third-order valence-corrected chi connectivity index (χ3v) is 5.21. The molecule has 0 aliphatic heterocycles. The van der Waals surface area contributed by atoms with E-state index in [1.54, 1.807) is 11.0 Å². The highest BCUT2D eigenvalue weighted by molar-refractivity contribution is 5.84. The summed E-state index contributed by atoms with van der Waals surface area (Å²) >= 11 is 0. The Bertz CT molecular complexity index is 832. The number of nitrogens with one attached hydrogen (secondary N) is 2. The number of aromatic nitrogens is 6. The summed E-state index contributed by atoms with van der Waals surface area (Å²) in [4.78, 5) is 20.8. The Balaban J connectivity index is 1.35. The van der Waals surface area contributed by atoms with Gasteiger partial charge in [0.15, 0.2) is 0 Å². The minimum atomic E-state index is -0.638. The molecule has 2 N–H and O–H groups in total. The topological polar surface area (TPSA) is 101 Å². The lowest BCUT2D eigenvalue weighted by Gasteiger charge is -2.35. The Morgan fingerprint density at radius 1 is 1.23 bits per heavy atom. The second-order valence-corrected chi connectivity index (χ2v) is 6.91. The summed E-state index contributed by atoms with van der Waals surface area (Å²) in [6, 6.07) is 7.99. The van der Waals surface area contributed by atoms with Gasteiger partial charge in [-0.25, -0.2) is 9.67 Å². The number of hydrogen-bond acceptors (Lipinski definition) is 5. The lowest BCUT2D eigenvalue weighted by atomic mass is 9.81.